The van der Waals surface area contributed by atoms with Crippen LogP contribution in [-0.2, 0) is 0 Å². The fraction of sp³-hybridized carbons (Fsp3) is 0.333. The van der Waals surface area contributed by atoms with E-state index in [9.17, 15) is 9.59 Å². The second-order valence-corrected chi connectivity index (χ2v) is 5.90. The Labute approximate surface area is 135 Å². The summed E-state index contributed by atoms with van der Waals surface area (Å²) in [7, 11) is 0. The molecule has 0 aliphatic heterocycles. The molecule has 23 heavy (non-hydrogen) atoms. The molecule has 0 fully saturated rings. The highest BCUT2D eigenvalue weighted by molar-refractivity contribution is 5.92. The van der Waals surface area contributed by atoms with Crippen LogP contribution < -0.4 is 10.9 Å². The number of carbonyl (C=O) groups is 1. The molecule has 120 valence electrons. The average Bonchev–Trinajstić information content (AvgIpc) is 2.98. The predicted octanol–water partition coefficient (Wildman–Crippen LogP) is 2.78. The summed E-state index contributed by atoms with van der Waals surface area (Å²) in [5.41, 5.74) is 2.02. The van der Waals surface area contributed by atoms with Crippen LogP contribution in [0.25, 0.3) is 5.69 Å². The summed E-state index contributed by atoms with van der Waals surface area (Å²) >= 11 is 0. The number of aromatic nitrogens is 2. The molecule has 1 aromatic carbocycles. The van der Waals surface area contributed by atoms with Crippen molar-refractivity contribution >= 4 is 5.91 Å². The van der Waals surface area contributed by atoms with Gasteiger partial charge in [-0.25, -0.2) is 4.68 Å². The van der Waals surface area contributed by atoms with Gasteiger partial charge in [0, 0.05) is 12.1 Å². The molecule has 1 atom stereocenters. The van der Waals surface area contributed by atoms with E-state index in [1.807, 2.05) is 37.3 Å². The molecule has 0 radical (unpaired) electrons. The number of aromatic amines is 1. The third-order valence-electron chi connectivity index (χ3n) is 4.21. The van der Waals surface area contributed by atoms with Crippen LogP contribution in [0.15, 0.2) is 52.8 Å². The van der Waals surface area contributed by atoms with Crippen molar-refractivity contribution in [1.29, 1.82) is 0 Å². The highest BCUT2D eigenvalue weighted by Crippen LogP contribution is 2.20. The first-order chi connectivity index (χ1) is 11.1. The van der Waals surface area contributed by atoms with Crippen molar-refractivity contribution in [2.45, 2.75) is 38.6 Å². The highest BCUT2D eigenvalue weighted by Gasteiger charge is 2.17. The lowest BCUT2D eigenvalue weighted by Crippen LogP contribution is -2.34. The second-order valence-electron chi connectivity index (χ2n) is 5.90. The van der Waals surface area contributed by atoms with Gasteiger partial charge in [0.05, 0.1) is 5.69 Å². The summed E-state index contributed by atoms with van der Waals surface area (Å²) in [6.45, 7) is 1.99. The summed E-state index contributed by atoms with van der Waals surface area (Å²) in [5, 5.41) is 5.85. The van der Waals surface area contributed by atoms with Crippen LogP contribution in [0.3, 0.4) is 0 Å². The van der Waals surface area contributed by atoms with Gasteiger partial charge in [-0.3, -0.25) is 14.7 Å². The lowest BCUT2D eigenvalue weighted by Gasteiger charge is -2.20. The fourth-order valence-corrected chi connectivity index (χ4v) is 2.90. The van der Waals surface area contributed by atoms with E-state index < -0.39 is 0 Å². The van der Waals surface area contributed by atoms with Crippen molar-refractivity contribution in [2.75, 3.05) is 0 Å². The largest absolute Gasteiger partial charge is 0.345 e. The Hall–Kier alpha value is -2.56. The van der Waals surface area contributed by atoms with Crippen molar-refractivity contribution in [3.63, 3.8) is 0 Å². The lowest BCUT2D eigenvalue weighted by atomic mass is 9.95. The molecule has 0 saturated heterocycles. The first-order valence-electron chi connectivity index (χ1n) is 8.02. The monoisotopic (exact) mass is 311 g/mol. The standard InChI is InChI=1S/C18H21N3O2/c1-13(14-8-4-2-5-9-14)19-18(23)16-12-17(22)21(20-16)15-10-6-3-7-11-15/h3,6-8,10-13,20H,2,4-5,9H2,1H3,(H,19,23). The van der Waals surface area contributed by atoms with Crippen molar-refractivity contribution < 1.29 is 4.79 Å². The van der Waals surface area contributed by atoms with Gasteiger partial charge in [-0.15, -0.1) is 0 Å². The van der Waals surface area contributed by atoms with Gasteiger partial charge < -0.3 is 5.32 Å². The first kappa shape index (κ1) is 15.3. The number of benzene rings is 1. The number of amides is 1. The number of rotatable bonds is 4. The number of carbonyl (C=O) groups excluding carboxylic acids is 1. The van der Waals surface area contributed by atoms with Crippen molar-refractivity contribution in [3.8, 4) is 5.69 Å². The van der Waals surface area contributed by atoms with Gasteiger partial charge in [-0.05, 0) is 44.7 Å². The number of H-pyrrole nitrogens is 1. The Kier molecular flexibility index (Phi) is 4.46. The number of nitrogens with one attached hydrogen (secondary N) is 2. The molecule has 1 amide bonds. The van der Waals surface area contributed by atoms with Crippen molar-refractivity contribution in [2.24, 2.45) is 0 Å². The summed E-state index contributed by atoms with van der Waals surface area (Å²) in [6, 6.07) is 10.5. The Morgan fingerprint density at radius 1 is 1.26 bits per heavy atom. The molecule has 1 aliphatic rings. The maximum absolute atomic E-state index is 12.4. The minimum absolute atomic E-state index is 0.00798. The van der Waals surface area contributed by atoms with Crippen LogP contribution in [0.4, 0.5) is 0 Å². The molecule has 0 spiro atoms. The van der Waals surface area contributed by atoms with Crippen LogP contribution >= 0.6 is 0 Å². The molecule has 0 saturated carbocycles. The third kappa shape index (κ3) is 3.44. The second kappa shape index (κ2) is 6.69. The molecule has 5 heteroatoms. The van der Waals surface area contributed by atoms with Crippen LogP contribution in [0, 0.1) is 0 Å². The minimum Gasteiger partial charge on any atom is -0.345 e. The molecule has 1 heterocycles. The topological polar surface area (TPSA) is 66.9 Å². The lowest BCUT2D eigenvalue weighted by molar-refractivity contribution is 0.0939. The zero-order valence-electron chi connectivity index (χ0n) is 13.2. The van der Waals surface area contributed by atoms with Gasteiger partial charge in [0.2, 0.25) is 0 Å². The number of para-hydroxylation sites is 1. The smallest absolute Gasteiger partial charge is 0.271 e. The van der Waals surface area contributed by atoms with E-state index in [4.69, 9.17) is 0 Å². The van der Waals surface area contributed by atoms with Gasteiger partial charge in [0.25, 0.3) is 11.5 Å². The fourth-order valence-electron chi connectivity index (χ4n) is 2.90. The molecule has 1 aliphatic carbocycles. The first-order valence-corrected chi connectivity index (χ1v) is 8.02. The van der Waals surface area contributed by atoms with Crippen LogP contribution in [0.1, 0.15) is 43.1 Å². The van der Waals surface area contributed by atoms with E-state index >= 15 is 0 Å². The summed E-state index contributed by atoms with van der Waals surface area (Å²) < 4.78 is 1.37. The molecule has 2 N–H and O–H groups in total. The molecular formula is C18H21N3O2. The quantitative estimate of drug-likeness (QED) is 0.853. The molecule has 1 aromatic heterocycles. The zero-order valence-corrected chi connectivity index (χ0v) is 13.2. The number of allylic oxidation sites excluding steroid dienone is 1. The van der Waals surface area contributed by atoms with E-state index in [0.29, 0.717) is 5.69 Å². The van der Waals surface area contributed by atoms with Gasteiger partial charge in [-0.1, -0.05) is 29.8 Å². The van der Waals surface area contributed by atoms with E-state index in [1.54, 1.807) is 0 Å². The zero-order chi connectivity index (χ0) is 16.2. The highest BCUT2D eigenvalue weighted by atomic mass is 16.2. The third-order valence-corrected chi connectivity index (χ3v) is 4.21. The van der Waals surface area contributed by atoms with Gasteiger partial charge in [0.1, 0.15) is 5.69 Å². The minimum atomic E-state index is -0.254. The van der Waals surface area contributed by atoms with Gasteiger partial charge in [0.15, 0.2) is 0 Å². The average molecular weight is 311 g/mol. The Bertz CT molecular complexity index is 771. The molecule has 0 bridgehead atoms. The summed E-state index contributed by atoms with van der Waals surface area (Å²) in [4.78, 5) is 24.4. The van der Waals surface area contributed by atoms with Crippen LogP contribution in [0.2, 0.25) is 0 Å². The molecule has 1 unspecified atom stereocenters. The molecular weight excluding hydrogens is 290 g/mol. The van der Waals surface area contributed by atoms with E-state index in [0.717, 1.165) is 12.8 Å². The Morgan fingerprint density at radius 2 is 2.04 bits per heavy atom. The van der Waals surface area contributed by atoms with Crippen molar-refractivity contribution in [1.82, 2.24) is 15.1 Å². The molecule has 2 aromatic rings. The van der Waals surface area contributed by atoms with Gasteiger partial charge >= 0.3 is 0 Å². The van der Waals surface area contributed by atoms with E-state index in [-0.39, 0.29) is 23.2 Å². The van der Waals surface area contributed by atoms with Gasteiger partial charge in [-0.2, -0.15) is 0 Å². The summed E-state index contributed by atoms with van der Waals surface area (Å²) in [5.74, 6) is -0.254. The maximum Gasteiger partial charge on any atom is 0.271 e. The molecule has 5 nitrogen and oxygen atoms in total. The SMILES string of the molecule is CC(NC(=O)c1cc(=O)n(-c2ccccc2)[nH]1)C1=CCCCC1. The summed E-state index contributed by atoms with van der Waals surface area (Å²) in [6.07, 6.45) is 6.72. The predicted molar refractivity (Wildman–Crippen MR) is 89.9 cm³/mol. The van der Waals surface area contributed by atoms with E-state index in [2.05, 4.69) is 16.5 Å². The van der Waals surface area contributed by atoms with Crippen LogP contribution in [-0.4, -0.2) is 21.7 Å². The molecule has 3 rings (SSSR count). The Morgan fingerprint density at radius 3 is 2.74 bits per heavy atom. The van der Waals surface area contributed by atoms with E-state index in [1.165, 1.54) is 29.2 Å². The van der Waals surface area contributed by atoms with Crippen molar-refractivity contribution in [3.05, 3.63) is 64.1 Å². The number of nitrogens with zero attached hydrogens (tertiary/aromatic N) is 1. The number of hydrogen-bond donors (Lipinski definition) is 2. The normalized spacial score (nSPS) is 15.8. The van der Waals surface area contributed by atoms with Crippen LogP contribution in [0.5, 0.6) is 0 Å². The number of hydrogen-bond acceptors (Lipinski definition) is 2. The maximum atomic E-state index is 12.4. The Balaban J connectivity index is 1.76.